The molecule has 0 radical (unpaired) electrons. The molecule has 4 aromatic carbocycles. The van der Waals surface area contributed by atoms with Gasteiger partial charge in [0.05, 0.1) is 9.49 Å². The molecule has 2 aliphatic carbocycles. The maximum atomic E-state index is 2.39. The number of rotatable bonds is 0. The quantitative estimate of drug-likeness (QED) is 0.292. The van der Waals surface area contributed by atoms with Gasteiger partial charge in [-0.15, -0.1) is 23.5 Å². The van der Waals surface area contributed by atoms with E-state index in [1.165, 1.54) is 56.0 Å². The first-order valence-corrected chi connectivity index (χ1v) is 12.5. The number of thioether (sulfide) groups is 2. The summed E-state index contributed by atoms with van der Waals surface area (Å²) in [4.78, 5) is 0. The van der Waals surface area contributed by atoms with E-state index in [0.29, 0.717) is 0 Å². The van der Waals surface area contributed by atoms with Crippen molar-refractivity contribution in [3.63, 3.8) is 0 Å². The van der Waals surface area contributed by atoms with E-state index in [2.05, 4.69) is 121 Å². The fourth-order valence-corrected chi connectivity index (χ4v) is 9.87. The fraction of sp³-hybridized carbons (Fsp3) is 0.143. The van der Waals surface area contributed by atoms with Crippen molar-refractivity contribution in [2.24, 2.45) is 0 Å². The Kier molecular flexibility index (Phi) is 3.49. The van der Waals surface area contributed by atoms with Gasteiger partial charge in [0.15, 0.2) is 0 Å². The van der Waals surface area contributed by atoms with Gasteiger partial charge in [-0.25, -0.2) is 0 Å². The van der Waals surface area contributed by atoms with E-state index in [-0.39, 0.29) is 9.49 Å². The first-order valence-electron chi connectivity index (χ1n) is 10.5. The lowest BCUT2D eigenvalue weighted by Crippen LogP contribution is -2.47. The summed E-state index contributed by atoms with van der Waals surface area (Å²) in [5.41, 5.74) is 11.6. The smallest absolute Gasteiger partial charge is 0.0898 e. The van der Waals surface area contributed by atoms with Gasteiger partial charge in [-0.3, -0.25) is 0 Å². The van der Waals surface area contributed by atoms with Crippen molar-refractivity contribution in [3.8, 4) is 22.3 Å². The highest BCUT2D eigenvalue weighted by Gasteiger charge is 2.64. The highest BCUT2D eigenvalue weighted by molar-refractivity contribution is 8.07. The van der Waals surface area contributed by atoms with Crippen LogP contribution in [0.3, 0.4) is 0 Å². The number of fused-ring (bicyclic) bond motifs is 11. The Balaban J connectivity index is 1.69. The van der Waals surface area contributed by atoms with Crippen LogP contribution in [-0.2, 0) is 9.49 Å². The molecule has 7 rings (SSSR count). The predicted octanol–water partition coefficient (Wildman–Crippen LogP) is 7.31. The normalized spacial score (nSPS) is 18.7. The van der Waals surface area contributed by atoms with Gasteiger partial charge >= 0.3 is 0 Å². The lowest BCUT2D eigenvalue weighted by atomic mass is 9.76. The topological polar surface area (TPSA) is 0 Å². The molecule has 1 fully saturated rings. The van der Waals surface area contributed by atoms with Gasteiger partial charge in [0, 0.05) is 11.5 Å². The maximum absolute atomic E-state index is 2.39. The van der Waals surface area contributed by atoms with Gasteiger partial charge in [-0.2, -0.15) is 0 Å². The van der Waals surface area contributed by atoms with Crippen molar-refractivity contribution in [1.29, 1.82) is 0 Å². The monoisotopic (exact) mass is 420 g/mol. The third-order valence-electron chi connectivity index (χ3n) is 7.02. The first-order chi connectivity index (χ1) is 14.9. The summed E-state index contributed by atoms with van der Waals surface area (Å²) in [6.45, 7) is 0. The van der Waals surface area contributed by atoms with Crippen LogP contribution in [0.1, 0.15) is 22.3 Å². The molecular formula is C28H20S2. The minimum absolute atomic E-state index is 0.119. The Morgan fingerprint density at radius 2 is 0.667 bits per heavy atom. The molecule has 1 aliphatic heterocycles. The molecule has 3 aliphatic rings. The van der Waals surface area contributed by atoms with Crippen molar-refractivity contribution in [2.75, 3.05) is 11.5 Å². The Morgan fingerprint density at radius 3 is 0.967 bits per heavy atom. The summed E-state index contributed by atoms with van der Waals surface area (Å²) in [6.07, 6.45) is 0. The zero-order valence-electron chi connectivity index (χ0n) is 16.5. The number of benzene rings is 4. The van der Waals surface area contributed by atoms with Crippen LogP contribution in [0.2, 0.25) is 0 Å². The summed E-state index contributed by atoms with van der Waals surface area (Å²) in [7, 11) is 0. The average molecular weight is 421 g/mol. The minimum atomic E-state index is -0.119. The highest BCUT2D eigenvalue weighted by atomic mass is 32.2. The van der Waals surface area contributed by atoms with Crippen molar-refractivity contribution in [3.05, 3.63) is 119 Å². The number of hydrogen-bond donors (Lipinski definition) is 0. The van der Waals surface area contributed by atoms with Crippen molar-refractivity contribution in [1.82, 2.24) is 0 Å². The maximum Gasteiger partial charge on any atom is 0.0898 e. The molecular weight excluding hydrogens is 400 g/mol. The molecule has 4 aromatic rings. The van der Waals surface area contributed by atoms with Crippen LogP contribution in [0.4, 0.5) is 0 Å². The van der Waals surface area contributed by atoms with E-state index in [9.17, 15) is 0 Å². The zero-order chi connectivity index (χ0) is 19.8. The van der Waals surface area contributed by atoms with Crippen molar-refractivity contribution in [2.45, 2.75) is 9.49 Å². The summed E-state index contributed by atoms with van der Waals surface area (Å²) < 4.78 is -0.238. The SMILES string of the molecule is c1ccc2c(c1)-c1ccccc1C21SCCSC12c1ccccc1-c1ccccc12. The van der Waals surface area contributed by atoms with Crippen LogP contribution < -0.4 is 0 Å². The molecule has 0 unspecified atom stereocenters. The Bertz CT molecular complexity index is 1130. The second-order valence-corrected chi connectivity index (χ2v) is 10.9. The van der Waals surface area contributed by atoms with Crippen LogP contribution in [0.15, 0.2) is 97.1 Å². The molecule has 0 atom stereocenters. The van der Waals surface area contributed by atoms with E-state index in [1.54, 1.807) is 0 Å². The molecule has 2 heteroatoms. The molecule has 1 saturated heterocycles. The summed E-state index contributed by atoms with van der Waals surface area (Å²) in [6, 6.07) is 36.5. The summed E-state index contributed by atoms with van der Waals surface area (Å²) in [5, 5.41) is 0. The molecule has 0 saturated carbocycles. The van der Waals surface area contributed by atoms with Gasteiger partial charge in [-0.05, 0) is 44.5 Å². The Morgan fingerprint density at radius 1 is 0.400 bits per heavy atom. The van der Waals surface area contributed by atoms with E-state index < -0.39 is 0 Å². The van der Waals surface area contributed by atoms with Gasteiger partial charge in [0.1, 0.15) is 0 Å². The van der Waals surface area contributed by atoms with Crippen LogP contribution in [0, 0.1) is 0 Å². The van der Waals surface area contributed by atoms with Crippen molar-refractivity contribution >= 4 is 23.5 Å². The Hall–Kier alpha value is -2.42. The summed E-state index contributed by atoms with van der Waals surface area (Å²) in [5.74, 6) is 2.33. The van der Waals surface area contributed by atoms with Crippen LogP contribution in [0.25, 0.3) is 22.3 Å². The van der Waals surface area contributed by atoms with E-state index in [1.807, 2.05) is 0 Å². The van der Waals surface area contributed by atoms with Gasteiger partial charge in [0.25, 0.3) is 0 Å². The summed E-state index contributed by atoms with van der Waals surface area (Å²) >= 11 is 4.32. The van der Waals surface area contributed by atoms with E-state index >= 15 is 0 Å². The molecule has 0 aromatic heterocycles. The largest absolute Gasteiger partial charge is 0.142 e. The zero-order valence-corrected chi connectivity index (χ0v) is 18.1. The third kappa shape index (κ3) is 1.84. The second-order valence-electron chi connectivity index (χ2n) is 8.24. The molecule has 30 heavy (non-hydrogen) atoms. The van der Waals surface area contributed by atoms with Crippen molar-refractivity contribution < 1.29 is 0 Å². The molecule has 0 nitrogen and oxygen atoms in total. The lowest BCUT2D eigenvalue weighted by molar-refractivity contribution is 0.604. The molecule has 2 spiro atoms. The Labute approximate surface area is 185 Å². The molecule has 0 amide bonds. The van der Waals surface area contributed by atoms with Crippen LogP contribution >= 0.6 is 23.5 Å². The van der Waals surface area contributed by atoms with Crippen LogP contribution in [-0.4, -0.2) is 11.5 Å². The third-order valence-corrected chi connectivity index (χ3v) is 10.6. The highest BCUT2D eigenvalue weighted by Crippen LogP contribution is 2.74. The molecule has 0 N–H and O–H groups in total. The molecule has 0 bridgehead atoms. The standard InChI is InChI=1S/C28H20S2/c1-5-13-23-19(9-1)20-10-2-6-14-24(20)27(23)28(30-18-17-29-27)25-15-7-3-11-21(25)22-12-4-8-16-26(22)28/h1-16H,17-18H2. The number of hydrogen-bond acceptors (Lipinski definition) is 2. The van der Waals surface area contributed by atoms with E-state index in [4.69, 9.17) is 0 Å². The fourth-order valence-electron chi connectivity index (χ4n) is 6.05. The van der Waals surface area contributed by atoms with Gasteiger partial charge in [0.2, 0.25) is 0 Å². The predicted molar refractivity (Wildman–Crippen MR) is 130 cm³/mol. The molecule has 1 heterocycles. The second kappa shape index (κ2) is 6.06. The lowest BCUT2D eigenvalue weighted by Gasteiger charge is -2.51. The van der Waals surface area contributed by atoms with Crippen LogP contribution in [0.5, 0.6) is 0 Å². The molecule has 144 valence electrons. The first kappa shape index (κ1) is 17.3. The van der Waals surface area contributed by atoms with Gasteiger partial charge in [-0.1, -0.05) is 97.1 Å². The minimum Gasteiger partial charge on any atom is -0.142 e. The van der Waals surface area contributed by atoms with Gasteiger partial charge < -0.3 is 0 Å². The average Bonchev–Trinajstić information content (AvgIpc) is 3.26. The van der Waals surface area contributed by atoms with E-state index in [0.717, 1.165) is 0 Å².